The Morgan fingerprint density at radius 1 is 1.20 bits per heavy atom. The molecule has 126 valence electrons. The van der Waals surface area contributed by atoms with Gasteiger partial charge in [0.15, 0.2) is 0 Å². The maximum atomic E-state index is 12.4. The molecule has 2 heterocycles. The standard InChI is InChI=1S/C18H17N5O2/c19-17(24)21-13-7-5-11(6-8-13)12-9-20-16-14-3-1-2-4-15(14)22-18(25)23(16)10-12/h1-8,12H,9-10H2,(H,22,25)(H3,19,21,24). The number of nitrogens with zero attached hydrogens (tertiary/aromatic N) is 2. The molecule has 7 nitrogen and oxygen atoms in total. The van der Waals surface area contributed by atoms with Crippen LogP contribution in [0.4, 0.5) is 21.0 Å². The topological polar surface area (TPSA) is 99.8 Å². The van der Waals surface area contributed by atoms with Crippen LogP contribution in [0.1, 0.15) is 17.0 Å². The summed E-state index contributed by atoms with van der Waals surface area (Å²) >= 11 is 0. The average molecular weight is 335 g/mol. The first-order valence-corrected chi connectivity index (χ1v) is 8.00. The van der Waals surface area contributed by atoms with Crippen molar-refractivity contribution >= 4 is 29.3 Å². The van der Waals surface area contributed by atoms with Gasteiger partial charge in [-0.15, -0.1) is 0 Å². The number of amides is 4. The van der Waals surface area contributed by atoms with Crippen LogP contribution in [0.3, 0.4) is 0 Å². The zero-order valence-electron chi connectivity index (χ0n) is 13.4. The van der Waals surface area contributed by atoms with E-state index < -0.39 is 6.03 Å². The van der Waals surface area contributed by atoms with Gasteiger partial charge in [0.25, 0.3) is 0 Å². The van der Waals surface area contributed by atoms with E-state index in [2.05, 4.69) is 15.6 Å². The molecular weight excluding hydrogens is 318 g/mol. The SMILES string of the molecule is NC(=O)Nc1ccc(C2CN=C3c4ccccc4NC(=O)N3C2)cc1. The Balaban J connectivity index is 1.59. The summed E-state index contributed by atoms with van der Waals surface area (Å²) in [6.07, 6.45) is 0. The van der Waals surface area contributed by atoms with Gasteiger partial charge in [0.05, 0.1) is 5.69 Å². The Morgan fingerprint density at radius 2 is 1.96 bits per heavy atom. The van der Waals surface area contributed by atoms with E-state index in [1.807, 2.05) is 36.4 Å². The monoisotopic (exact) mass is 335 g/mol. The van der Waals surface area contributed by atoms with Crippen LogP contribution in [-0.2, 0) is 0 Å². The molecule has 0 bridgehead atoms. The molecule has 0 saturated heterocycles. The number of benzene rings is 2. The summed E-state index contributed by atoms with van der Waals surface area (Å²) in [4.78, 5) is 29.7. The van der Waals surface area contributed by atoms with Gasteiger partial charge in [-0.05, 0) is 29.8 Å². The van der Waals surface area contributed by atoms with Gasteiger partial charge in [0.2, 0.25) is 0 Å². The number of aliphatic imine (C=N–C) groups is 1. The molecule has 4 rings (SSSR count). The van der Waals surface area contributed by atoms with Crippen molar-refractivity contribution < 1.29 is 9.59 Å². The third kappa shape index (κ3) is 2.80. The van der Waals surface area contributed by atoms with Crippen molar-refractivity contribution in [1.29, 1.82) is 0 Å². The molecule has 0 spiro atoms. The van der Waals surface area contributed by atoms with Gasteiger partial charge in [-0.25, -0.2) is 9.59 Å². The first-order valence-electron chi connectivity index (χ1n) is 8.00. The minimum Gasteiger partial charge on any atom is -0.351 e. The highest BCUT2D eigenvalue weighted by atomic mass is 16.2. The molecular formula is C18H17N5O2. The van der Waals surface area contributed by atoms with Crippen LogP contribution in [0.15, 0.2) is 53.5 Å². The number of hydrogen-bond acceptors (Lipinski definition) is 3. The average Bonchev–Trinajstić information content (AvgIpc) is 2.62. The smallest absolute Gasteiger partial charge is 0.327 e. The molecule has 7 heteroatoms. The van der Waals surface area contributed by atoms with Crippen molar-refractivity contribution in [2.45, 2.75) is 5.92 Å². The summed E-state index contributed by atoms with van der Waals surface area (Å²) in [5, 5.41) is 5.44. The molecule has 2 aromatic carbocycles. The Kier molecular flexibility index (Phi) is 3.61. The number of primary amides is 1. The number of fused-ring (bicyclic) bond motifs is 3. The van der Waals surface area contributed by atoms with Gasteiger partial charge < -0.3 is 16.4 Å². The first kappa shape index (κ1) is 15.2. The van der Waals surface area contributed by atoms with Crippen molar-refractivity contribution in [1.82, 2.24) is 4.90 Å². The van der Waals surface area contributed by atoms with E-state index in [1.165, 1.54) is 0 Å². The zero-order valence-corrected chi connectivity index (χ0v) is 13.4. The summed E-state index contributed by atoms with van der Waals surface area (Å²) in [5.74, 6) is 0.824. The number of anilines is 2. The van der Waals surface area contributed by atoms with Crippen LogP contribution in [0.5, 0.6) is 0 Å². The van der Waals surface area contributed by atoms with Gasteiger partial charge >= 0.3 is 12.1 Å². The van der Waals surface area contributed by atoms with E-state index in [1.54, 1.807) is 17.0 Å². The fourth-order valence-corrected chi connectivity index (χ4v) is 3.22. The third-order valence-electron chi connectivity index (χ3n) is 4.42. The van der Waals surface area contributed by atoms with Crippen LogP contribution in [0.25, 0.3) is 0 Å². The Bertz CT molecular complexity index is 875. The number of para-hydroxylation sites is 1. The number of carbonyl (C=O) groups excluding carboxylic acids is 2. The highest BCUT2D eigenvalue weighted by Crippen LogP contribution is 2.30. The fourth-order valence-electron chi connectivity index (χ4n) is 3.22. The number of nitrogens with one attached hydrogen (secondary N) is 2. The molecule has 25 heavy (non-hydrogen) atoms. The van der Waals surface area contributed by atoms with Gasteiger partial charge in [0, 0.05) is 30.3 Å². The largest absolute Gasteiger partial charge is 0.351 e. The molecule has 0 radical (unpaired) electrons. The maximum Gasteiger partial charge on any atom is 0.327 e. The van der Waals surface area contributed by atoms with Crippen molar-refractivity contribution in [3.05, 3.63) is 59.7 Å². The lowest BCUT2D eigenvalue weighted by Gasteiger charge is -2.36. The zero-order chi connectivity index (χ0) is 17.4. The molecule has 0 fully saturated rings. The number of urea groups is 2. The van der Waals surface area contributed by atoms with Crippen molar-refractivity contribution in [3.63, 3.8) is 0 Å². The number of rotatable bonds is 2. The van der Waals surface area contributed by atoms with Gasteiger partial charge in [-0.3, -0.25) is 9.89 Å². The summed E-state index contributed by atoms with van der Waals surface area (Å²) in [7, 11) is 0. The number of amidine groups is 1. The quantitative estimate of drug-likeness (QED) is 0.786. The molecule has 0 aliphatic carbocycles. The number of carbonyl (C=O) groups is 2. The number of hydrogen-bond donors (Lipinski definition) is 3. The van der Waals surface area contributed by atoms with Crippen LogP contribution >= 0.6 is 0 Å². The van der Waals surface area contributed by atoms with E-state index in [4.69, 9.17) is 5.73 Å². The Labute approximate surface area is 144 Å². The predicted molar refractivity (Wildman–Crippen MR) is 96.0 cm³/mol. The second-order valence-corrected chi connectivity index (χ2v) is 6.06. The minimum atomic E-state index is -0.594. The second-order valence-electron chi connectivity index (χ2n) is 6.06. The van der Waals surface area contributed by atoms with Gasteiger partial charge in [0.1, 0.15) is 5.84 Å². The normalized spacial score (nSPS) is 18.6. The van der Waals surface area contributed by atoms with E-state index in [0.717, 1.165) is 22.6 Å². The van der Waals surface area contributed by atoms with Crippen LogP contribution in [0, 0.1) is 0 Å². The van der Waals surface area contributed by atoms with E-state index in [0.29, 0.717) is 18.8 Å². The second kappa shape index (κ2) is 5.94. The molecule has 1 unspecified atom stereocenters. The lowest BCUT2D eigenvalue weighted by molar-refractivity contribution is 0.229. The molecule has 2 aliphatic rings. The van der Waals surface area contributed by atoms with E-state index in [9.17, 15) is 9.59 Å². The maximum absolute atomic E-state index is 12.4. The van der Waals surface area contributed by atoms with E-state index in [-0.39, 0.29) is 11.9 Å². The van der Waals surface area contributed by atoms with Crippen molar-refractivity contribution in [2.24, 2.45) is 10.7 Å². The predicted octanol–water partition coefficient (Wildman–Crippen LogP) is 2.57. The van der Waals surface area contributed by atoms with Crippen LogP contribution in [-0.4, -0.2) is 35.9 Å². The van der Waals surface area contributed by atoms with Crippen LogP contribution in [0.2, 0.25) is 0 Å². The Hall–Kier alpha value is -3.35. The molecule has 2 aromatic rings. The number of nitrogens with two attached hydrogens (primary N) is 1. The minimum absolute atomic E-state index is 0.0994. The summed E-state index contributed by atoms with van der Waals surface area (Å²) < 4.78 is 0. The highest BCUT2D eigenvalue weighted by molar-refractivity contribution is 6.18. The van der Waals surface area contributed by atoms with Gasteiger partial charge in [-0.1, -0.05) is 24.3 Å². The summed E-state index contributed by atoms with van der Waals surface area (Å²) in [6.45, 7) is 1.16. The molecule has 1 atom stereocenters. The third-order valence-corrected chi connectivity index (χ3v) is 4.42. The van der Waals surface area contributed by atoms with Gasteiger partial charge in [-0.2, -0.15) is 0 Å². The summed E-state index contributed by atoms with van der Waals surface area (Å²) in [6, 6.07) is 14.4. The highest BCUT2D eigenvalue weighted by Gasteiger charge is 2.33. The molecule has 4 N–H and O–H groups in total. The lowest BCUT2D eigenvalue weighted by Crippen LogP contribution is -2.49. The Morgan fingerprint density at radius 3 is 2.72 bits per heavy atom. The molecule has 4 amide bonds. The molecule has 0 aromatic heterocycles. The first-order chi connectivity index (χ1) is 12.1. The van der Waals surface area contributed by atoms with E-state index >= 15 is 0 Å². The van der Waals surface area contributed by atoms with Crippen LogP contribution < -0.4 is 16.4 Å². The lowest BCUT2D eigenvalue weighted by atomic mass is 9.95. The van der Waals surface area contributed by atoms with Crippen molar-refractivity contribution in [2.75, 3.05) is 23.7 Å². The molecule has 0 saturated carbocycles. The van der Waals surface area contributed by atoms with Crippen molar-refractivity contribution in [3.8, 4) is 0 Å². The molecule has 2 aliphatic heterocycles. The summed E-state index contributed by atoms with van der Waals surface area (Å²) in [5.41, 5.74) is 8.55. The fraction of sp³-hybridized carbons (Fsp3) is 0.167.